The Kier molecular flexibility index (Phi) is 3.62. The Morgan fingerprint density at radius 3 is 2.71 bits per heavy atom. The van der Waals surface area contributed by atoms with Crippen molar-refractivity contribution in [1.29, 1.82) is 0 Å². The second kappa shape index (κ2) is 5.57. The lowest BCUT2D eigenvalue weighted by Crippen LogP contribution is -2.52. The lowest BCUT2D eigenvalue weighted by Gasteiger charge is -2.42. The van der Waals surface area contributed by atoms with E-state index in [9.17, 15) is 4.79 Å². The predicted molar refractivity (Wildman–Crippen MR) is 93.3 cm³/mol. The summed E-state index contributed by atoms with van der Waals surface area (Å²) in [5.41, 5.74) is 2.73. The third kappa shape index (κ3) is 2.25. The number of pyridine rings is 1. The molecule has 2 heterocycles. The maximum Gasteiger partial charge on any atom is 0.239 e. The minimum atomic E-state index is -0.515. The summed E-state index contributed by atoms with van der Waals surface area (Å²) in [6.45, 7) is 2.58. The van der Waals surface area contributed by atoms with Crippen molar-refractivity contribution in [1.82, 2.24) is 4.98 Å². The quantitative estimate of drug-likeness (QED) is 0.855. The number of carbonyl (C=O) groups is 1. The number of methoxy groups -OCH3 is 1. The third-order valence-corrected chi connectivity index (χ3v) is 5.41. The van der Waals surface area contributed by atoms with Crippen molar-refractivity contribution >= 4 is 23.3 Å². The number of amides is 1. The smallest absolute Gasteiger partial charge is 0.239 e. The van der Waals surface area contributed by atoms with E-state index in [1.807, 2.05) is 6.07 Å². The van der Waals surface area contributed by atoms with Gasteiger partial charge in [0.05, 0.1) is 23.1 Å². The van der Waals surface area contributed by atoms with Gasteiger partial charge >= 0.3 is 0 Å². The van der Waals surface area contributed by atoms with E-state index in [1.165, 1.54) is 5.56 Å². The molecule has 4 rings (SSSR count). The lowest BCUT2D eigenvalue weighted by atomic mass is 9.63. The topological polar surface area (TPSA) is 42.4 Å². The Morgan fingerprint density at radius 2 is 2.04 bits per heavy atom. The zero-order chi connectivity index (χ0) is 16.9. The van der Waals surface area contributed by atoms with E-state index in [1.54, 1.807) is 18.2 Å². The van der Waals surface area contributed by atoms with Gasteiger partial charge in [-0.3, -0.25) is 9.69 Å². The molecule has 4 nitrogen and oxygen atoms in total. The number of rotatable bonds is 3. The molecule has 1 saturated carbocycles. The first-order valence-electron chi connectivity index (χ1n) is 8.10. The molecule has 124 valence electrons. The van der Waals surface area contributed by atoms with Crippen LogP contribution in [0.15, 0.2) is 36.5 Å². The van der Waals surface area contributed by atoms with Gasteiger partial charge in [0.15, 0.2) is 0 Å². The van der Waals surface area contributed by atoms with Gasteiger partial charge in [-0.2, -0.15) is 0 Å². The fourth-order valence-electron chi connectivity index (χ4n) is 3.77. The van der Waals surface area contributed by atoms with E-state index < -0.39 is 5.41 Å². The second-order valence-corrected chi connectivity index (χ2v) is 7.19. The van der Waals surface area contributed by atoms with Gasteiger partial charge in [-0.1, -0.05) is 41.4 Å². The van der Waals surface area contributed by atoms with Crippen molar-refractivity contribution in [2.75, 3.05) is 12.0 Å². The molecule has 1 aromatic heterocycles. The van der Waals surface area contributed by atoms with Gasteiger partial charge in [0.25, 0.3) is 0 Å². The molecule has 1 amide bonds. The van der Waals surface area contributed by atoms with Gasteiger partial charge in [0.2, 0.25) is 5.91 Å². The van der Waals surface area contributed by atoms with Gasteiger partial charge in [-0.15, -0.1) is 0 Å². The number of aromatic nitrogens is 1. The third-order valence-electron chi connectivity index (χ3n) is 5.21. The summed E-state index contributed by atoms with van der Waals surface area (Å²) in [7, 11) is 1.69. The monoisotopic (exact) mass is 342 g/mol. The van der Waals surface area contributed by atoms with Gasteiger partial charge < -0.3 is 4.74 Å². The van der Waals surface area contributed by atoms with Crippen LogP contribution in [0.1, 0.15) is 29.5 Å². The lowest BCUT2D eigenvalue weighted by molar-refractivity contribution is -0.132. The highest BCUT2D eigenvalue weighted by atomic mass is 35.5. The number of benzene rings is 1. The van der Waals surface area contributed by atoms with Crippen molar-refractivity contribution in [3.8, 4) is 0 Å². The Labute approximate surface area is 146 Å². The summed E-state index contributed by atoms with van der Waals surface area (Å²) in [5, 5.41) is 0.568. The molecule has 2 aliphatic rings. The predicted octanol–water partition coefficient (Wildman–Crippen LogP) is 3.64. The standard InChI is InChI=1S/C19H19ClN2O2/c1-12-3-5-13(6-4-12)11-22-17-16(7-14(20)10-21-17)19(18(22)23)8-15(9-19)24-2/h3-7,10,15H,8-9,11H2,1-2H3. The van der Waals surface area contributed by atoms with Crippen LogP contribution in [0.5, 0.6) is 0 Å². The summed E-state index contributed by atoms with van der Waals surface area (Å²) in [6.07, 6.45) is 3.13. The van der Waals surface area contributed by atoms with Crippen molar-refractivity contribution < 1.29 is 9.53 Å². The Bertz CT molecular complexity index is 798. The molecule has 0 bridgehead atoms. The summed E-state index contributed by atoms with van der Waals surface area (Å²) in [4.78, 5) is 19.5. The number of halogens is 1. The molecule has 1 aromatic carbocycles. The number of fused-ring (bicyclic) bond motifs is 2. The Morgan fingerprint density at radius 1 is 1.33 bits per heavy atom. The van der Waals surface area contributed by atoms with Crippen LogP contribution in [-0.4, -0.2) is 24.1 Å². The molecule has 1 aliphatic carbocycles. The summed E-state index contributed by atoms with van der Waals surface area (Å²) < 4.78 is 5.41. The highest BCUT2D eigenvalue weighted by Gasteiger charge is 2.59. The second-order valence-electron chi connectivity index (χ2n) is 6.75. The first-order chi connectivity index (χ1) is 11.5. The highest BCUT2D eigenvalue weighted by molar-refractivity contribution is 6.30. The zero-order valence-electron chi connectivity index (χ0n) is 13.8. The molecule has 0 unspecified atom stereocenters. The molecule has 1 spiro atoms. The summed E-state index contributed by atoms with van der Waals surface area (Å²) >= 11 is 6.15. The van der Waals surface area contributed by atoms with Crippen LogP contribution in [0.2, 0.25) is 5.02 Å². The molecule has 1 aliphatic heterocycles. The van der Waals surface area contributed by atoms with Crippen molar-refractivity contribution in [2.45, 2.75) is 37.8 Å². The van der Waals surface area contributed by atoms with E-state index in [0.29, 0.717) is 24.4 Å². The van der Waals surface area contributed by atoms with Crippen LogP contribution in [0.4, 0.5) is 5.82 Å². The van der Waals surface area contributed by atoms with E-state index in [-0.39, 0.29) is 12.0 Å². The molecule has 0 N–H and O–H groups in total. The van der Waals surface area contributed by atoms with E-state index in [0.717, 1.165) is 16.9 Å². The Balaban J connectivity index is 1.71. The van der Waals surface area contributed by atoms with E-state index >= 15 is 0 Å². The molecule has 1 fully saturated rings. The molecule has 0 saturated heterocycles. The van der Waals surface area contributed by atoms with Gasteiger partial charge in [-0.05, 0) is 31.4 Å². The first kappa shape index (κ1) is 15.6. The molecule has 5 heteroatoms. The number of hydrogen-bond donors (Lipinski definition) is 0. The van der Waals surface area contributed by atoms with E-state index in [4.69, 9.17) is 16.3 Å². The average molecular weight is 343 g/mol. The summed E-state index contributed by atoms with van der Waals surface area (Å²) in [6, 6.07) is 10.1. The number of nitrogens with zero attached hydrogens (tertiary/aromatic N) is 2. The molecule has 2 aromatic rings. The van der Waals surface area contributed by atoms with Crippen LogP contribution >= 0.6 is 11.6 Å². The van der Waals surface area contributed by atoms with Crippen molar-refractivity contribution in [3.63, 3.8) is 0 Å². The zero-order valence-corrected chi connectivity index (χ0v) is 14.5. The minimum Gasteiger partial charge on any atom is -0.381 e. The number of aryl methyl sites for hydroxylation is 1. The fourth-order valence-corrected chi connectivity index (χ4v) is 3.93. The molecular weight excluding hydrogens is 324 g/mol. The molecular formula is C19H19ClN2O2. The highest BCUT2D eigenvalue weighted by Crippen LogP contribution is 2.54. The van der Waals surface area contributed by atoms with Crippen LogP contribution in [0, 0.1) is 6.92 Å². The molecule has 24 heavy (non-hydrogen) atoms. The number of hydrogen-bond acceptors (Lipinski definition) is 3. The van der Waals surface area contributed by atoms with Gasteiger partial charge in [-0.25, -0.2) is 4.98 Å². The minimum absolute atomic E-state index is 0.112. The van der Waals surface area contributed by atoms with Gasteiger partial charge in [0, 0.05) is 18.9 Å². The van der Waals surface area contributed by atoms with Crippen molar-refractivity contribution in [2.24, 2.45) is 0 Å². The first-order valence-corrected chi connectivity index (χ1v) is 8.47. The SMILES string of the molecule is COC1CC2(C1)C(=O)N(Cc1ccc(C)cc1)c1ncc(Cl)cc12. The van der Waals surface area contributed by atoms with Crippen LogP contribution in [-0.2, 0) is 21.5 Å². The largest absolute Gasteiger partial charge is 0.381 e. The fraction of sp³-hybridized carbons (Fsp3) is 0.368. The molecule has 0 atom stereocenters. The number of anilines is 1. The van der Waals surface area contributed by atoms with Crippen LogP contribution in [0.25, 0.3) is 0 Å². The maximum absolute atomic E-state index is 13.2. The van der Waals surface area contributed by atoms with Crippen LogP contribution in [0.3, 0.4) is 0 Å². The van der Waals surface area contributed by atoms with Gasteiger partial charge in [0.1, 0.15) is 5.82 Å². The normalized spacial score (nSPS) is 25.0. The Hall–Kier alpha value is -1.91. The number of carbonyl (C=O) groups excluding carboxylic acids is 1. The number of ether oxygens (including phenoxy) is 1. The summed E-state index contributed by atoms with van der Waals surface area (Å²) in [5.74, 6) is 0.848. The molecule has 0 radical (unpaired) electrons. The van der Waals surface area contributed by atoms with Crippen molar-refractivity contribution in [3.05, 3.63) is 58.2 Å². The maximum atomic E-state index is 13.2. The van der Waals surface area contributed by atoms with Crippen LogP contribution < -0.4 is 4.90 Å². The van der Waals surface area contributed by atoms with E-state index in [2.05, 4.69) is 36.2 Å². The average Bonchev–Trinajstić information content (AvgIpc) is 2.76.